The predicted octanol–water partition coefficient (Wildman–Crippen LogP) is 2.30. The van der Waals surface area contributed by atoms with E-state index in [1.807, 2.05) is 6.92 Å². The molecule has 0 aliphatic heterocycles. The lowest BCUT2D eigenvalue weighted by molar-refractivity contribution is 0.0897. The van der Waals surface area contributed by atoms with Crippen LogP contribution in [-0.2, 0) is 6.42 Å². The molecule has 0 bridgehead atoms. The highest BCUT2D eigenvalue weighted by Crippen LogP contribution is 2.31. The summed E-state index contributed by atoms with van der Waals surface area (Å²) < 4.78 is 3.82. The van der Waals surface area contributed by atoms with Crippen LogP contribution < -0.4 is 5.32 Å². The van der Waals surface area contributed by atoms with E-state index in [0.717, 1.165) is 37.2 Å². The van der Waals surface area contributed by atoms with Crippen LogP contribution in [0.25, 0.3) is 0 Å². The van der Waals surface area contributed by atoms with Crippen LogP contribution in [0.5, 0.6) is 0 Å². The Morgan fingerprint density at radius 2 is 2.26 bits per heavy atom. The van der Waals surface area contributed by atoms with E-state index in [9.17, 15) is 10.1 Å². The van der Waals surface area contributed by atoms with Gasteiger partial charge in [0.1, 0.15) is 10.4 Å². The molecule has 6 heteroatoms. The van der Waals surface area contributed by atoms with Crippen molar-refractivity contribution >= 4 is 17.4 Å². The Kier molecular flexibility index (Phi) is 4.15. The van der Waals surface area contributed by atoms with E-state index < -0.39 is 5.54 Å². The summed E-state index contributed by atoms with van der Waals surface area (Å²) in [4.78, 5) is 12.8. The standard InChI is InChI=1S/C13H18N4OS/c1-3-10-11(19-17-16-10)12(18)15-13(8-14)6-4-9(2)5-7-13/h9H,3-7H2,1-2H3,(H,15,18). The van der Waals surface area contributed by atoms with Gasteiger partial charge in [0.15, 0.2) is 0 Å². The van der Waals surface area contributed by atoms with Crippen LogP contribution in [0, 0.1) is 17.2 Å². The van der Waals surface area contributed by atoms with Crippen LogP contribution in [0.2, 0.25) is 0 Å². The zero-order valence-corrected chi connectivity index (χ0v) is 12.1. The minimum absolute atomic E-state index is 0.206. The Morgan fingerprint density at radius 3 is 2.84 bits per heavy atom. The minimum Gasteiger partial charge on any atom is -0.333 e. The summed E-state index contributed by atoms with van der Waals surface area (Å²) in [7, 11) is 0. The molecular weight excluding hydrogens is 260 g/mol. The number of carbonyl (C=O) groups excluding carboxylic acids is 1. The number of aryl methyl sites for hydroxylation is 1. The molecule has 0 spiro atoms. The summed E-state index contributed by atoms with van der Waals surface area (Å²) in [6.45, 7) is 4.13. The molecule has 1 saturated carbocycles. The van der Waals surface area contributed by atoms with Gasteiger partial charge < -0.3 is 5.32 Å². The van der Waals surface area contributed by atoms with Crippen molar-refractivity contribution in [3.8, 4) is 6.07 Å². The van der Waals surface area contributed by atoms with E-state index in [4.69, 9.17) is 0 Å². The maximum Gasteiger partial charge on any atom is 0.266 e. The molecule has 2 rings (SSSR count). The van der Waals surface area contributed by atoms with Crippen molar-refractivity contribution in [2.24, 2.45) is 5.92 Å². The largest absolute Gasteiger partial charge is 0.333 e. The SMILES string of the molecule is CCc1nnsc1C(=O)NC1(C#N)CCC(C)CC1. The first-order valence-electron chi connectivity index (χ1n) is 6.65. The lowest BCUT2D eigenvalue weighted by Gasteiger charge is -2.34. The first-order chi connectivity index (χ1) is 9.10. The Bertz CT molecular complexity index is 497. The van der Waals surface area contributed by atoms with Gasteiger partial charge in [0, 0.05) is 0 Å². The van der Waals surface area contributed by atoms with E-state index in [1.54, 1.807) is 0 Å². The summed E-state index contributed by atoms with van der Waals surface area (Å²) in [6.07, 6.45) is 4.09. The van der Waals surface area contributed by atoms with Gasteiger partial charge >= 0.3 is 0 Å². The van der Waals surface area contributed by atoms with Crippen molar-refractivity contribution in [3.63, 3.8) is 0 Å². The molecule has 0 atom stereocenters. The zero-order chi connectivity index (χ0) is 13.9. The molecule has 102 valence electrons. The number of nitrogens with zero attached hydrogens (tertiary/aromatic N) is 3. The second-order valence-electron chi connectivity index (χ2n) is 5.23. The molecule has 1 aliphatic carbocycles. The molecule has 1 fully saturated rings. The van der Waals surface area contributed by atoms with Crippen molar-refractivity contribution in [3.05, 3.63) is 10.6 Å². The highest BCUT2D eigenvalue weighted by molar-refractivity contribution is 7.08. The van der Waals surface area contributed by atoms with Gasteiger partial charge in [-0.1, -0.05) is 18.3 Å². The number of hydrogen-bond donors (Lipinski definition) is 1. The van der Waals surface area contributed by atoms with Crippen LogP contribution >= 0.6 is 11.5 Å². The molecule has 1 aromatic heterocycles. The van der Waals surface area contributed by atoms with Gasteiger partial charge in [0.25, 0.3) is 5.91 Å². The third-order valence-electron chi connectivity index (χ3n) is 3.79. The van der Waals surface area contributed by atoms with E-state index >= 15 is 0 Å². The summed E-state index contributed by atoms with van der Waals surface area (Å²) in [5.74, 6) is 0.428. The number of carbonyl (C=O) groups is 1. The van der Waals surface area contributed by atoms with Gasteiger partial charge in [-0.3, -0.25) is 4.79 Å². The number of hydrogen-bond acceptors (Lipinski definition) is 5. The molecule has 1 aromatic rings. The number of amides is 1. The Morgan fingerprint density at radius 1 is 1.58 bits per heavy atom. The van der Waals surface area contributed by atoms with Crippen molar-refractivity contribution < 1.29 is 4.79 Å². The fourth-order valence-electron chi connectivity index (χ4n) is 2.41. The topological polar surface area (TPSA) is 78.7 Å². The van der Waals surface area contributed by atoms with E-state index in [-0.39, 0.29) is 5.91 Å². The number of aromatic nitrogens is 2. The average molecular weight is 278 g/mol. The predicted molar refractivity (Wildman–Crippen MR) is 72.7 cm³/mol. The van der Waals surface area contributed by atoms with Crippen LogP contribution in [0.1, 0.15) is 54.9 Å². The third kappa shape index (κ3) is 2.92. The minimum atomic E-state index is -0.710. The van der Waals surface area contributed by atoms with Gasteiger partial charge in [-0.05, 0) is 49.6 Å². The molecule has 19 heavy (non-hydrogen) atoms. The highest BCUT2D eigenvalue weighted by atomic mass is 32.1. The van der Waals surface area contributed by atoms with Gasteiger partial charge in [-0.15, -0.1) is 5.10 Å². The maximum atomic E-state index is 12.3. The van der Waals surface area contributed by atoms with Crippen LogP contribution in [0.15, 0.2) is 0 Å². The third-order valence-corrected chi connectivity index (χ3v) is 4.56. The van der Waals surface area contributed by atoms with Crippen LogP contribution in [0.4, 0.5) is 0 Å². The quantitative estimate of drug-likeness (QED) is 0.920. The normalized spacial score (nSPS) is 26.7. The number of nitrogens with one attached hydrogen (secondary N) is 1. The fourth-order valence-corrected chi connectivity index (χ4v) is 3.05. The maximum absolute atomic E-state index is 12.3. The van der Waals surface area contributed by atoms with Crippen molar-refractivity contribution in [1.29, 1.82) is 5.26 Å². The van der Waals surface area contributed by atoms with Crippen LogP contribution in [0.3, 0.4) is 0 Å². The fraction of sp³-hybridized carbons (Fsp3) is 0.692. The van der Waals surface area contributed by atoms with E-state index in [1.165, 1.54) is 0 Å². The van der Waals surface area contributed by atoms with Gasteiger partial charge in [0.05, 0.1) is 11.8 Å². The monoisotopic (exact) mass is 278 g/mol. The summed E-state index contributed by atoms with van der Waals surface area (Å²) >= 11 is 1.10. The molecule has 0 radical (unpaired) electrons. The molecule has 0 unspecified atom stereocenters. The molecule has 1 aliphatic rings. The van der Waals surface area contributed by atoms with E-state index in [2.05, 4.69) is 27.9 Å². The summed E-state index contributed by atoms with van der Waals surface area (Å²) in [5.41, 5.74) is -0.00161. The van der Waals surface area contributed by atoms with Crippen LogP contribution in [-0.4, -0.2) is 21.0 Å². The van der Waals surface area contributed by atoms with Crippen molar-refractivity contribution in [2.45, 2.75) is 51.5 Å². The Hall–Kier alpha value is -1.48. The summed E-state index contributed by atoms with van der Waals surface area (Å²) in [5, 5.41) is 16.3. The second kappa shape index (κ2) is 5.66. The van der Waals surface area contributed by atoms with E-state index in [0.29, 0.717) is 22.9 Å². The smallest absolute Gasteiger partial charge is 0.266 e. The Balaban J connectivity index is 2.11. The number of nitriles is 1. The van der Waals surface area contributed by atoms with Crippen molar-refractivity contribution in [2.75, 3.05) is 0 Å². The molecular formula is C13H18N4OS. The number of rotatable bonds is 3. The molecule has 0 saturated heterocycles. The second-order valence-corrected chi connectivity index (χ2v) is 5.99. The van der Waals surface area contributed by atoms with Gasteiger partial charge in [-0.25, -0.2) is 0 Å². The average Bonchev–Trinajstić information content (AvgIpc) is 2.90. The van der Waals surface area contributed by atoms with Gasteiger partial charge in [0.2, 0.25) is 0 Å². The molecule has 1 amide bonds. The Labute approximate surface area is 117 Å². The molecule has 5 nitrogen and oxygen atoms in total. The first-order valence-corrected chi connectivity index (χ1v) is 7.42. The lowest BCUT2D eigenvalue weighted by Crippen LogP contribution is -2.49. The lowest BCUT2D eigenvalue weighted by atomic mass is 9.78. The van der Waals surface area contributed by atoms with Crippen molar-refractivity contribution in [1.82, 2.24) is 14.9 Å². The first kappa shape index (κ1) is 13.9. The highest BCUT2D eigenvalue weighted by Gasteiger charge is 2.36. The molecule has 0 aromatic carbocycles. The zero-order valence-electron chi connectivity index (χ0n) is 11.3. The summed E-state index contributed by atoms with van der Waals surface area (Å²) in [6, 6.07) is 2.30. The van der Waals surface area contributed by atoms with Gasteiger partial charge in [-0.2, -0.15) is 5.26 Å². The molecule has 1 heterocycles. The molecule has 1 N–H and O–H groups in total.